The molecule has 1 saturated heterocycles. The van der Waals surface area contributed by atoms with Gasteiger partial charge in [0.1, 0.15) is 0 Å². The third kappa shape index (κ3) is 3.94. The van der Waals surface area contributed by atoms with Gasteiger partial charge in [-0.1, -0.05) is 0 Å². The van der Waals surface area contributed by atoms with Crippen molar-refractivity contribution >= 4 is 0 Å². The molecule has 0 radical (unpaired) electrons. The smallest absolute Gasteiger partial charge is 0.194 e. The number of hydrogen-bond donors (Lipinski definition) is 0. The van der Waals surface area contributed by atoms with Crippen molar-refractivity contribution in [3.63, 3.8) is 0 Å². The maximum Gasteiger partial charge on any atom is 0.194 e. The van der Waals surface area contributed by atoms with Crippen LogP contribution >= 0.6 is 0 Å². The van der Waals surface area contributed by atoms with Crippen LogP contribution in [-0.2, 0) is 6.42 Å². The SMILES string of the molecule is CN1CCN(CCCc2cc(F)c(F)c(F)c2)CC1. The van der Waals surface area contributed by atoms with Crippen molar-refractivity contribution in [2.75, 3.05) is 39.8 Å². The minimum absolute atomic E-state index is 0.519. The number of likely N-dealkylation sites (N-methyl/N-ethyl adjacent to an activating group) is 1. The van der Waals surface area contributed by atoms with E-state index in [-0.39, 0.29) is 0 Å². The summed E-state index contributed by atoms with van der Waals surface area (Å²) in [5.74, 6) is -3.59. The van der Waals surface area contributed by atoms with Crippen molar-refractivity contribution in [3.05, 3.63) is 35.1 Å². The fourth-order valence-corrected chi connectivity index (χ4v) is 2.33. The van der Waals surface area contributed by atoms with Crippen LogP contribution in [0.3, 0.4) is 0 Å². The number of benzene rings is 1. The van der Waals surface area contributed by atoms with Crippen LogP contribution in [0.25, 0.3) is 0 Å². The number of rotatable bonds is 4. The van der Waals surface area contributed by atoms with Gasteiger partial charge in [-0.15, -0.1) is 0 Å². The van der Waals surface area contributed by atoms with Crippen molar-refractivity contribution in [2.24, 2.45) is 0 Å². The van der Waals surface area contributed by atoms with Gasteiger partial charge in [0.15, 0.2) is 17.5 Å². The van der Waals surface area contributed by atoms with Gasteiger partial charge in [-0.25, -0.2) is 13.2 Å². The Balaban J connectivity index is 1.79. The van der Waals surface area contributed by atoms with Crippen LogP contribution in [0.5, 0.6) is 0 Å². The lowest BCUT2D eigenvalue weighted by Crippen LogP contribution is -2.44. The molecule has 0 spiro atoms. The van der Waals surface area contributed by atoms with E-state index in [1.54, 1.807) is 0 Å². The van der Waals surface area contributed by atoms with E-state index < -0.39 is 17.5 Å². The monoisotopic (exact) mass is 272 g/mol. The predicted octanol–water partition coefficient (Wildman–Crippen LogP) is 2.28. The number of hydrogen-bond acceptors (Lipinski definition) is 2. The highest BCUT2D eigenvalue weighted by Crippen LogP contribution is 2.15. The molecule has 0 aliphatic carbocycles. The highest BCUT2D eigenvalue weighted by atomic mass is 19.2. The second kappa shape index (κ2) is 6.39. The molecule has 0 amide bonds. The molecule has 0 saturated carbocycles. The van der Waals surface area contributed by atoms with Crippen molar-refractivity contribution in [3.8, 4) is 0 Å². The molecule has 0 atom stereocenters. The van der Waals surface area contributed by atoms with E-state index in [1.165, 1.54) is 0 Å². The zero-order valence-corrected chi connectivity index (χ0v) is 11.1. The average Bonchev–Trinajstić information content (AvgIpc) is 2.38. The molecule has 1 heterocycles. The number of piperazine rings is 1. The molecular weight excluding hydrogens is 253 g/mol. The van der Waals surface area contributed by atoms with E-state index >= 15 is 0 Å². The molecule has 0 N–H and O–H groups in total. The van der Waals surface area contributed by atoms with Gasteiger partial charge in [0, 0.05) is 26.2 Å². The standard InChI is InChI=1S/C14H19F3N2/c1-18-5-7-19(8-6-18)4-2-3-11-9-12(15)14(17)13(16)10-11/h9-10H,2-8H2,1H3. The topological polar surface area (TPSA) is 6.48 Å². The van der Waals surface area contributed by atoms with Gasteiger partial charge in [0.2, 0.25) is 0 Å². The zero-order valence-electron chi connectivity index (χ0n) is 11.1. The average molecular weight is 272 g/mol. The molecule has 1 fully saturated rings. The molecule has 2 nitrogen and oxygen atoms in total. The van der Waals surface area contributed by atoms with Crippen LogP contribution in [0, 0.1) is 17.5 Å². The normalized spacial score (nSPS) is 17.9. The molecule has 1 aliphatic rings. The van der Waals surface area contributed by atoms with Crippen LogP contribution < -0.4 is 0 Å². The summed E-state index contributed by atoms with van der Waals surface area (Å²) in [6.07, 6.45) is 1.40. The lowest BCUT2D eigenvalue weighted by Gasteiger charge is -2.32. The third-order valence-corrected chi connectivity index (χ3v) is 3.58. The summed E-state index contributed by atoms with van der Waals surface area (Å²) in [5, 5.41) is 0. The zero-order chi connectivity index (χ0) is 13.8. The highest BCUT2D eigenvalue weighted by Gasteiger charge is 2.14. The Kier molecular flexibility index (Phi) is 4.82. The lowest BCUT2D eigenvalue weighted by atomic mass is 10.1. The quantitative estimate of drug-likeness (QED) is 0.776. The maximum absolute atomic E-state index is 13.0. The number of aryl methyl sites for hydroxylation is 1. The van der Waals surface area contributed by atoms with E-state index in [9.17, 15) is 13.2 Å². The highest BCUT2D eigenvalue weighted by molar-refractivity contribution is 5.19. The van der Waals surface area contributed by atoms with Crippen molar-refractivity contribution in [1.29, 1.82) is 0 Å². The van der Waals surface area contributed by atoms with Crippen LogP contribution in [0.2, 0.25) is 0 Å². The molecule has 106 valence electrons. The first-order valence-corrected chi connectivity index (χ1v) is 6.60. The largest absolute Gasteiger partial charge is 0.304 e. The number of halogens is 3. The molecule has 1 aromatic rings. The first kappa shape index (κ1) is 14.3. The van der Waals surface area contributed by atoms with Gasteiger partial charge in [0.05, 0.1) is 0 Å². The first-order chi connectivity index (χ1) is 9.06. The van der Waals surface area contributed by atoms with E-state index in [4.69, 9.17) is 0 Å². The van der Waals surface area contributed by atoms with Crippen LogP contribution in [0.15, 0.2) is 12.1 Å². The molecule has 19 heavy (non-hydrogen) atoms. The molecule has 2 rings (SSSR count). The van der Waals surface area contributed by atoms with E-state index in [1.807, 2.05) is 0 Å². The Morgan fingerprint density at radius 2 is 1.58 bits per heavy atom. The van der Waals surface area contributed by atoms with Gasteiger partial charge >= 0.3 is 0 Å². The Morgan fingerprint density at radius 3 is 2.16 bits per heavy atom. The number of nitrogens with zero attached hydrogens (tertiary/aromatic N) is 2. The molecule has 0 unspecified atom stereocenters. The third-order valence-electron chi connectivity index (χ3n) is 3.58. The van der Waals surface area contributed by atoms with Crippen LogP contribution in [0.1, 0.15) is 12.0 Å². The van der Waals surface area contributed by atoms with Crippen molar-refractivity contribution in [2.45, 2.75) is 12.8 Å². The summed E-state index contributed by atoms with van der Waals surface area (Å²) in [6.45, 7) is 5.08. The van der Waals surface area contributed by atoms with Gasteiger partial charge < -0.3 is 9.80 Å². The van der Waals surface area contributed by atoms with Gasteiger partial charge in [-0.3, -0.25) is 0 Å². The minimum Gasteiger partial charge on any atom is -0.304 e. The predicted molar refractivity (Wildman–Crippen MR) is 68.6 cm³/mol. The second-order valence-corrected chi connectivity index (χ2v) is 5.12. The Morgan fingerprint density at radius 1 is 1.00 bits per heavy atom. The van der Waals surface area contributed by atoms with Crippen LogP contribution in [0.4, 0.5) is 13.2 Å². The van der Waals surface area contributed by atoms with E-state index in [0.717, 1.165) is 51.3 Å². The summed E-state index contributed by atoms with van der Waals surface area (Å²) in [7, 11) is 2.10. The second-order valence-electron chi connectivity index (χ2n) is 5.12. The van der Waals surface area contributed by atoms with Gasteiger partial charge in [-0.2, -0.15) is 0 Å². The summed E-state index contributed by atoms with van der Waals surface area (Å²) >= 11 is 0. The molecule has 0 bridgehead atoms. The Hall–Kier alpha value is -1.07. The van der Waals surface area contributed by atoms with Gasteiger partial charge in [-0.05, 0) is 44.1 Å². The fourth-order valence-electron chi connectivity index (χ4n) is 2.33. The molecule has 5 heteroatoms. The van der Waals surface area contributed by atoms with E-state index in [2.05, 4.69) is 16.8 Å². The summed E-state index contributed by atoms with van der Waals surface area (Å²) in [4.78, 5) is 4.62. The molecule has 1 aromatic carbocycles. The lowest BCUT2D eigenvalue weighted by molar-refractivity contribution is 0.153. The summed E-state index contributed by atoms with van der Waals surface area (Å²) < 4.78 is 38.9. The van der Waals surface area contributed by atoms with Crippen molar-refractivity contribution in [1.82, 2.24) is 9.80 Å². The summed E-state index contributed by atoms with van der Waals surface area (Å²) in [5.41, 5.74) is 0.519. The van der Waals surface area contributed by atoms with Crippen LogP contribution in [-0.4, -0.2) is 49.6 Å². The van der Waals surface area contributed by atoms with Crippen molar-refractivity contribution < 1.29 is 13.2 Å². The first-order valence-electron chi connectivity index (χ1n) is 6.60. The molecule has 1 aliphatic heterocycles. The maximum atomic E-state index is 13.0. The fraction of sp³-hybridized carbons (Fsp3) is 0.571. The van der Waals surface area contributed by atoms with Gasteiger partial charge in [0.25, 0.3) is 0 Å². The minimum atomic E-state index is -1.39. The Labute approximate surface area is 111 Å². The molecular formula is C14H19F3N2. The van der Waals surface area contributed by atoms with E-state index in [0.29, 0.717) is 12.0 Å². The summed E-state index contributed by atoms with van der Waals surface area (Å²) in [6, 6.07) is 2.17. The molecule has 0 aromatic heterocycles. The Bertz CT molecular complexity index is 406.